The first-order valence-corrected chi connectivity index (χ1v) is 5.64. The van der Waals surface area contributed by atoms with Gasteiger partial charge in [-0.05, 0) is 6.42 Å². The van der Waals surface area contributed by atoms with E-state index in [9.17, 15) is 4.79 Å². The zero-order valence-electron chi connectivity index (χ0n) is 9.65. The molecule has 0 aromatic heterocycles. The van der Waals surface area contributed by atoms with Gasteiger partial charge in [-0.3, -0.25) is 4.79 Å². The summed E-state index contributed by atoms with van der Waals surface area (Å²) in [6.45, 7) is 4.02. The smallest absolute Gasteiger partial charge is 0.249 e. The number of nitrogens with zero attached hydrogens (tertiary/aromatic N) is 2. The lowest BCUT2D eigenvalue weighted by molar-refractivity contribution is -0.142. The Bertz CT molecular complexity index is 262. The highest BCUT2D eigenvalue weighted by Gasteiger charge is 2.26. The van der Waals surface area contributed by atoms with Gasteiger partial charge >= 0.3 is 0 Å². The molecule has 5 heteroatoms. The second-order valence-electron chi connectivity index (χ2n) is 3.71. The van der Waals surface area contributed by atoms with Crippen LogP contribution in [0.2, 0.25) is 0 Å². The molecular weight excluding hydrogens is 208 g/mol. The van der Waals surface area contributed by atoms with Crippen molar-refractivity contribution in [3.63, 3.8) is 0 Å². The molecule has 0 N–H and O–H groups in total. The minimum atomic E-state index is -0.462. The van der Waals surface area contributed by atoms with Crippen molar-refractivity contribution in [3.05, 3.63) is 0 Å². The molecule has 0 aromatic carbocycles. The monoisotopic (exact) mass is 226 g/mol. The van der Waals surface area contributed by atoms with Crippen molar-refractivity contribution in [2.24, 2.45) is 0 Å². The average Bonchev–Trinajstić information content (AvgIpc) is 2.34. The summed E-state index contributed by atoms with van der Waals surface area (Å²) in [5.74, 6) is -0.119. The van der Waals surface area contributed by atoms with E-state index >= 15 is 0 Å². The third-order valence-corrected chi connectivity index (χ3v) is 2.47. The maximum Gasteiger partial charge on any atom is 0.249 e. The van der Waals surface area contributed by atoms with Gasteiger partial charge in [0.25, 0.3) is 0 Å². The number of ether oxygens (including phenoxy) is 2. The van der Waals surface area contributed by atoms with Crippen LogP contribution in [0.1, 0.15) is 19.8 Å². The lowest BCUT2D eigenvalue weighted by Crippen LogP contribution is -2.49. The number of nitriles is 1. The van der Waals surface area contributed by atoms with Gasteiger partial charge in [-0.1, -0.05) is 13.3 Å². The predicted molar refractivity (Wildman–Crippen MR) is 57.7 cm³/mol. The predicted octanol–water partition coefficient (Wildman–Crippen LogP) is 0.554. The standard InChI is InChI=1S/C11H18N2O3/c1-2-3-5-15-9-11(14)13-4-6-16-8-10(13)7-12/h10H,2-6,8-9H2,1H3. The van der Waals surface area contributed by atoms with Crippen LogP contribution in [0, 0.1) is 11.3 Å². The fourth-order valence-electron chi connectivity index (χ4n) is 1.50. The maximum absolute atomic E-state index is 11.7. The van der Waals surface area contributed by atoms with Gasteiger partial charge in [-0.15, -0.1) is 0 Å². The second-order valence-corrected chi connectivity index (χ2v) is 3.71. The summed E-state index contributed by atoms with van der Waals surface area (Å²) in [4.78, 5) is 13.3. The Morgan fingerprint density at radius 1 is 1.69 bits per heavy atom. The zero-order chi connectivity index (χ0) is 11.8. The van der Waals surface area contributed by atoms with E-state index in [0.717, 1.165) is 12.8 Å². The van der Waals surface area contributed by atoms with E-state index < -0.39 is 6.04 Å². The summed E-state index contributed by atoms with van der Waals surface area (Å²) >= 11 is 0. The van der Waals surface area contributed by atoms with Crippen molar-refractivity contribution in [1.29, 1.82) is 5.26 Å². The number of amides is 1. The van der Waals surface area contributed by atoms with Crippen LogP contribution >= 0.6 is 0 Å². The van der Waals surface area contributed by atoms with Gasteiger partial charge in [-0.25, -0.2) is 0 Å². The first-order valence-electron chi connectivity index (χ1n) is 5.64. The molecule has 0 aromatic rings. The highest BCUT2D eigenvalue weighted by molar-refractivity contribution is 5.78. The van der Waals surface area contributed by atoms with E-state index in [-0.39, 0.29) is 12.5 Å². The second kappa shape index (κ2) is 7.20. The molecule has 1 saturated heterocycles. The molecule has 1 fully saturated rings. The van der Waals surface area contributed by atoms with Crippen molar-refractivity contribution >= 4 is 5.91 Å². The van der Waals surface area contributed by atoms with Gasteiger partial charge in [0.05, 0.1) is 19.3 Å². The SMILES string of the molecule is CCCCOCC(=O)N1CCOCC1C#N. The van der Waals surface area contributed by atoms with Gasteiger partial charge in [0, 0.05) is 13.2 Å². The third-order valence-electron chi connectivity index (χ3n) is 2.47. The molecule has 1 unspecified atom stereocenters. The minimum Gasteiger partial charge on any atom is -0.376 e. The van der Waals surface area contributed by atoms with Crippen molar-refractivity contribution < 1.29 is 14.3 Å². The number of hydrogen-bond donors (Lipinski definition) is 0. The number of hydrogen-bond acceptors (Lipinski definition) is 4. The van der Waals surface area contributed by atoms with Crippen LogP contribution in [0.4, 0.5) is 0 Å². The Kier molecular flexibility index (Phi) is 5.83. The largest absolute Gasteiger partial charge is 0.376 e. The molecule has 0 saturated carbocycles. The van der Waals surface area contributed by atoms with E-state index in [1.54, 1.807) is 0 Å². The highest BCUT2D eigenvalue weighted by atomic mass is 16.5. The Balaban J connectivity index is 2.31. The molecule has 1 amide bonds. The fourth-order valence-corrected chi connectivity index (χ4v) is 1.50. The van der Waals surface area contributed by atoms with Crippen LogP contribution in [-0.2, 0) is 14.3 Å². The fraction of sp³-hybridized carbons (Fsp3) is 0.818. The molecular formula is C11H18N2O3. The van der Waals surface area contributed by atoms with E-state index in [1.165, 1.54) is 4.90 Å². The van der Waals surface area contributed by atoms with Gasteiger partial charge in [0.2, 0.25) is 5.91 Å². The van der Waals surface area contributed by atoms with E-state index in [1.807, 2.05) is 0 Å². The van der Waals surface area contributed by atoms with Crippen LogP contribution in [-0.4, -0.2) is 49.8 Å². The number of morpholine rings is 1. The molecule has 90 valence electrons. The Hall–Kier alpha value is -1.12. The summed E-state index contributed by atoms with van der Waals surface area (Å²) in [5, 5.41) is 8.86. The zero-order valence-corrected chi connectivity index (χ0v) is 9.65. The van der Waals surface area contributed by atoms with Gasteiger partial charge < -0.3 is 14.4 Å². The van der Waals surface area contributed by atoms with Crippen LogP contribution in [0.15, 0.2) is 0 Å². The molecule has 1 atom stereocenters. The molecule has 1 heterocycles. The summed E-state index contributed by atoms with van der Waals surface area (Å²) in [6, 6.07) is 1.60. The Morgan fingerprint density at radius 2 is 2.50 bits per heavy atom. The normalized spacial score (nSPS) is 20.5. The Morgan fingerprint density at radius 3 is 3.19 bits per heavy atom. The van der Waals surface area contributed by atoms with Crippen LogP contribution in [0.25, 0.3) is 0 Å². The first kappa shape index (κ1) is 12.9. The quantitative estimate of drug-likeness (QED) is 0.642. The van der Waals surface area contributed by atoms with E-state index in [4.69, 9.17) is 14.7 Å². The van der Waals surface area contributed by atoms with Crippen LogP contribution < -0.4 is 0 Å². The molecule has 0 bridgehead atoms. The van der Waals surface area contributed by atoms with Crippen molar-refractivity contribution in [3.8, 4) is 6.07 Å². The number of carbonyl (C=O) groups excluding carboxylic acids is 1. The van der Waals surface area contributed by atoms with E-state index in [0.29, 0.717) is 26.4 Å². The van der Waals surface area contributed by atoms with Crippen molar-refractivity contribution in [2.45, 2.75) is 25.8 Å². The van der Waals surface area contributed by atoms with Gasteiger partial charge in [-0.2, -0.15) is 5.26 Å². The summed E-state index contributed by atoms with van der Waals surface area (Å²) < 4.78 is 10.4. The topological polar surface area (TPSA) is 62.6 Å². The minimum absolute atomic E-state index is 0.0676. The van der Waals surface area contributed by atoms with Crippen molar-refractivity contribution in [1.82, 2.24) is 4.90 Å². The molecule has 1 rings (SSSR count). The molecule has 1 aliphatic heterocycles. The molecule has 16 heavy (non-hydrogen) atoms. The van der Waals surface area contributed by atoms with Gasteiger partial charge in [0.15, 0.2) is 0 Å². The maximum atomic E-state index is 11.7. The van der Waals surface area contributed by atoms with Crippen LogP contribution in [0.3, 0.4) is 0 Å². The molecule has 0 spiro atoms. The lowest BCUT2D eigenvalue weighted by atomic mass is 10.2. The number of unbranched alkanes of at least 4 members (excludes halogenated alkanes) is 1. The van der Waals surface area contributed by atoms with Crippen LogP contribution in [0.5, 0.6) is 0 Å². The molecule has 1 aliphatic rings. The van der Waals surface area contributed by atoms with E-state index in [2.05, 4.69) is 13.0 Å². The van der Waals surface area contributed by atoms with Gasteiger partial charge in [0.1, 0.15) is 12.6 Å². The summed E-state index contributed by atoms with van der Waals surface area (Å²) in [7, 11) is 0. The highest BCUT2D eigenvalue weighted by Crippen LogP contribution is 2.06. The van der Waals surface area contributed by atoms with Crippen molar-refractivity contribution in [2.75, 3.05) is 33.0 Å². The first-order chi connectivity index (χ1) is 7.79. The molecule has 0 radical (unpaired) electrons. The average molecular weight is 226 g/mol. The molecule has 5 nitrogen and oxygen atoms in total. The lowest BCUT2D eigenvalue weighted by Gasteiger charge is -2.31. The number of rotatable bonds is 5. The Labute approximate surface area is 95.9 Å². The summed E-state index contributed by atoms with van der Waals surface area (Å²) in [6.07, 6.45) is 2.00. The third kappa shape index (κ3) is 3.80. The number of carbonyl (C=O) groups is 1. The molecule has 0 aliphatic carbocycles. The summed E-state index contributed by atoms with van der Waals surface area (Å²) in [5.41, 5.74) is 0.